The Kier molecular flexibility index (Phi) is 3.62. The van der Waals surface area contributed by atoms with Crippen molar-refractivity contribution >= 4 is 23.6 Å². The molecule has 15 heavy (non-hydrogen) atoms. The molecule has 4 heteroatoms. The fraction of sp³-hybridized carbons (Fsp3) is 0.0909. The summed E-state index contributed by atoms with van der Waals surface area (Å²) in [6, 6.07) is 7.07. The second-order valence-corrected chi connectivity index (χ2v) is 3.04. The van der Waals surface area contributed by atoms with Gasteiger partial charge in [0.25, 0.3) is 0 Å². The van der Waals surface area contributed by atoms with Gasteiger partial charge in [-0.25, -0.2) is 0 Å². The smallest absolute Gasteiger partial charge is 0.241 e. The van der Waals surface area contributed by atoms with Crippen molar-refractivity contribution in [2.24, 2.45) is 5.73 Å². The van der Waals surface area contributed by atoms with Crippen LogP contribution in [0.5, 0.6) is 0 Å². The lowest BCUT2D eigenvalue weighted by Crippen LogP contribution is -2.05. The van der Waals surface area contributed by atoms with Gasteiger partial charge in [0.15, 0.2) is 0 Å². The predicted molar refractivity (Wildman–Crippen MR) is 59.0 cm³/mol. The number of benzene rings is 1. The topological polar surface area (TPSA) is 72.2 Å². The quantitative estimate of drug-likeness (QED) is 0.725. The molecule has 0 fully saturated rings. The second-order valence-electron chi connectivity index (χ2n) is 3.04. The number of primary amides is 1. The minimum absolute atomic E-state index is 0.115. The summed E-state index contributed by atoms with van der Waals surface area (Å²) >= 11 is 0. The number of hydrogen-bond acceptors (Lipinski definition) is 2. The van der Waals surface area contributed by atoms with Crippen LogP contribution in [0, 0.1) is 0 Å². The van der Waals surface area contributed by atoms with Gasteiger partial charge >= 0.3 is 0 Å². The van der Waals surface area contributed by atoms with Gasteiger partial charge < -0.3 is 11.1 Å². The first-order chi connectivity index (χ1) is 7.08. The summed E-state index contributed by atoms with van der Waals surface area (Å²) in [6.45, 7) is 1.45. The van der Waals surface area contributed by atoms with Crippen molar-refractivity contribution in [3.63, 3.8) is 0 Å². The molecule has 1 rings (SSSR count). The van der Waals surface area contributed by atoms with E-state index in [9.17, 15) is 9.59 Å². The zero-order valence-electron chi connectivity index (χ0n) is 8.36. The van der Waals surface area contributed by atoms with Crippen molar-refractivity contribution in [1.82, 2.24) is 0 Å². The number of carbonyl (C=O) groups excluding carboxylic acids is 2. The fourth-order valence-electron chi connectivity index (χ4n) is 1.06. The third-order valence-electron chi connectivity index (χ3n) is 1.67. The van der Waals surface area contributed by atoms with Crippen LogP contribution in [0.1, 0.15) is 12.5 Å². The summed E-state index contributed by atoms with van der Waals surface area (Å²) in [7, 11) is 0. The van der Waals surface area contributed by atoms with Crippen LogP contribution in [-0.2, 0) is 9.59 Å². The maximum atomic E-state index is 10.7. The van der Waals surface area contributed by atoms with E-state index in [1.165, 1.54) is 13.0 Å². The van der Waals surface area contributed by atoms with Crippen molar-refractivity contribution in [3.8, 4) is 0 Å². The number of rotatable bonds is 3. The highest BCUT2D eigenvalue weighted by atomic mass is 16.1. The van der Waals surface area contributed by atoms with Gasteiger partial charge in [-0.1, -0.05) is 12.1 Å². The minimum Gasteiger partial charge on any atom is -0.366 e. The number of nitrogens with two attached hydrogens (primary N) is 1. The summed E-state index contributed by atoms with van der Waals surface area (Å²) < 4.78 is 0. The fourth-order valence-corrected chi connectivity index (χ4v) is 1.06. The average Bonchev–Trinajstić information content (AvgIpc) is 2.16. The molecule has 0 aliphatic heterocycles. The van der Waals surface area contributed by atoms with Crippen LogP contribution in [0.4, 0.5) is 5.69 Å². The molecule has 0 heterocycles. The predicted octanol–water partition coefficient (Wildman–Crippen LogP) is 1.14. The lowest BCUT2D eigenvalue weighted by molar-refractivity contribution is -0.114. The molecule has 0 saturated carbocycles. The Balaban J connectivity index is 2.72. The molecule has 0 spiro atoms. The molecule has 0 aromatic heterocycles. The molecular formula is C11H12N2O2. The monoisotopic (exact) mass is 204 g/mol. The zero-order valence-corrected chi connectivity index (χ0v) is 8.36. The zero-order chi connectivity index (χ0) is 11.3. The van der Waals surface area contributed by atoms with E-state index in [-0.39, 0.29) is 5.91 Å². The molecule has 0 aliphatic rings. The Morgan fingerprint density at radius 2 is 1.87 bits per heavy atom. The van der Waals surface area contributed by atoms with Crippen LogP contribution in [0.25, 0.3) is 6.08 Å². The van der Waals surface area contributed by atoms with Crippen molar-refractivity contribution in [2.45, 2.75) is 6.92 Å². The average molecular weight is 204 g/mol. The molecule has 0 radical (unpaired) electrons. The molecule has 0 bridgehead atoms. The number of anilines is 1. The van der Waals surface area contributed by atoms with Crippen LogP contribution in [-0.4, -0.2) is 11.8 Å². The van der Waals surface area contributed by atoms with E-state index >= 15 is 0 Å². The van der Waals surface area contributed by atoms with E-state index in [0.717, 1.165) is 11.3 Å². The van der Waals surface area contributed by atoms with Gasteiger partial charge in [0, 0.05) is 18.7 Å². The molecule has 0 unspecified atom stereocenters. The summed E-state index contributed by atoms with van der Waals surface area (Å²) in [5.41, 5.74) is 6.52. The van der Waals surface area contributed by atoms with Crippen LogP contribution >= 0.6 is 0 Å². The molecule has 1 aromatic carbocycles. The van der Waals surface area contributed by atoms with E-state index < -0.39 is 5.91 Å². The summed E-state index contributed by atoms with van der Waals surface area (Å²) in [5.74, 6) is -0.601. The lowest BCUT2D eigenvalue weighted by atomic mass is 10.2. The molecule has 3 N–H and O–H groups in total. The van der Waals surface area contributed by atoms with Crippen molar-refractivity contribution < 1.29 is 9.59 Å². The molecule has 0 atom stereocenters. The minimum atomic E-state index is -0.485. The van der Waals surface area contributed by atoms with Gasteiger partial charge in [-0.2, -0.15) is 0 Å². The normalized spacial score (nSPS) is 10.2. The third kappa shape index (κ3) is 4.08. The number of nitrogens with one attached hydrogen (secondary N) is 1. The Morgan fingerprint density at radius 3 is 2.33 bits per heavy atom. The first-order valence-corrected chi connectivity index (χ1v) is 4.43. The lowest BCUT2D eigenvalue weighted by Gasteiger charge is -2.01. The van der Waals surface area contributed by atoms with Crippen LogP contribution in [0.2, 0.25) is 0 Å². The van der Waals surface area contributed by atoms with Crippen LogP contribution in [0.3, 0.4) is 0 Å². The Bertz CT molecular complexity index is 394. The molecule has 0 aliphatic carbocycles. The number of hydrogen-bond donors (Lipinski definition) is 2. The molecule has 0 saturated heterocycles. The highest BCUT2D eigenvalue weighted by molar-refractivity contribution is 5.91. The number of amides is 2. The summed E-state index contributed by atoms with van der Waals surface area (Å²) in [6.07, 6.45) is 2.90. The largest absolute Gasteiger partial charge is 0.366 e. The highest BCUT2D eigenvalue weighted by Gasteiger charge is 1.94. The van der Waals surface area contributed by atoms with Gasteiger partial charge in [-0.3, -0.25) is 9.59 Å². The SMILES string of the molecule is CC(=O)Nc1ccc(/C=C/C(N)=O)cc1. The number of carbonyl (C=O) groups is 2. The molecule has 78 valence electrons. The summed E-state index contributed by atoms with van der Waals surface area (Å²) in [5, 5.41) is 2.64. The maximum Gasteiger partial charge on any atom is 0.241 e. The van der Waals surface area contributed by atoms with Crippen molar-refractivity contribution in [3.05, 3.63) is 35.9 Å². The van der Waals surface area contributed by atoms with Gasteiger partial charge in [-0.15, -0.1) is 0 Å². The standard InChI is InChI=1S/C11H12N2O2/c1-8(14)13-10-5-2-9(3-6-10)4-7-11(12)15/h2-7H,1H3,(H2,12,15)(H,13,14)/b7-4+. The first kappa shape index (κ1) is 11.0. The van der Waals surface area contributed by atoms with Gasteiger partial charge in [0.2, 0.25) is 11.8 Å². The van der Waals surface area contributed by atoms with E-state index in [2.05, 4.69) is 5.32 Å². The van der Waals surface area contributed by atoms with Crippen molar-refractivity contribution in [2.75, 3.05) is 5.32 Å². The third-order valence-corrected chi connectivity index (χ3v) is 1.67. The van der Waals surface area contributed by atoms with Crippen LogP contribution in [0.15, 0.2) is 30.3 Å². The van der Waals surface area contributed by atoms with Gasteiger partial charge in [0.05, 0.1) is 0 Å². The van der Waals surface area contributed by atoms with Gasteiger partial charge in [-0.05, 0) is 23.8 Å². The molecular weight excluding hydrogens is 192 g/mol. The van der Waals surface area contributed by atoms with Crippen LogP contribution < -0.4 is 11.1 Å². The molecule has 1 aromatic rings. The highest BCUT2D eigenvalue weighted by Crippen LogP contribution is 2.10. The first-order valence-electron chi connectivity index (χ1n) is 4.43. The van der Waals surface area contributed by atoms with E-state index in [0.29, 0.717) is 0 Å². The summed E-state index contributed by atoms with van der Waals surface area (Å²) in [4.78, 5) is 21.2. The van der Waals surface area contributed by atoms with Gasteiger partial charge in [0.1, 0.15) is 0 Å². The molecule has 4 nitrogen and oxygen atoms in total. The molecule has 2 amide bonds. The second kappa shape index (κ2) is 4.95. The maximum absolute atomic E-state index is 10.7. The van der Waals surface area contributed by atoms with E-state index in [1.807, 2.05) is 0 Å². The Labute approximate surface area is 87.8 Å². The Morgan fingerprint density at radius 1 is 1.27 bits per heavy atom. The van der Waals surface area contributed by atoms with Crippen molar-refractivity contribution in [1.29, 1.82) is 0 Å². The Hall–Kier alpha value is -2.10. The van der Waals surface area contributed by atoms with E-state index in [1.54, 1.807) is 30.3 Å². The van der Waals surface area contributed by atoms with E-state index in [4.69, 9.17) is 5.73 Å².